The van der Waals surface area contributed by atoms with Gasteiger partial charge < -0.3 is 19.9 Å². The molecule has 1 aliphatic heterocycles. The van der Waals surface area contributed by atoms with Crippen molar-refractivity contribution in [3.05, 3.63) is 59.2 Å². The summed E-state index contributed by atoms with van der Waals surface area (Å²) in [6, 6.07) is 13.0. The van der Waals surface area contributed by atoms with Crippen LogP contribution in [-0.2, 0) is 12.0 Å². The largest absolute Gasteiger partial charge is 0.486 e. The van der Waals surface area contributed by atoms with Crippen molar-refractivity contribution in [2.75, 3.05) is 19.8 Å². The van der Waals surface area contributed by atoms with E-state index in [1.165, 1.54) is 0 Å². The van der Waals surface area contributed by atoms with Crippen molar-refractivity contribution in [2.45, 2.75) is 24.9 Å². The van der Waals surface area contributed by atoms with Crippen LogP contribution >= 0.6 is 0 Å². The van der Waals surface area contributed by atoms with Gasteiger partial charge in [-0.05, 0) is 48.6 Å². The van der Waals surface area contributed by atoms with Crippen LogP contribution in [0, 0.1) is 0 Å². The van der Waals surface area contributed by atoms with Gasteiger partial charge in [0.05, 0.1) is 6.54 Å². The molecule has 1 aliphatic carbocycles. The van der Waals surface area contributed by atoms with Crippen molar-refractivity contribution < 1.29 is 19.4 Å². The second-order valence-electron chi connectivity index (χ2n) is 6.58. The van der Waals surface area contributed by atoms with E-state index in [9.17, 15) is 9.90 Å². The standard InChI is InChI=1S/C20H21NO4/c22-19(15-7-8-17-18(12-15)25-11-10-24-17)21-13-20(23)9-3-5-14-4-1-2-6-16(14)20/h1-2,4,6-8,12,23H,3,5,9-11,13H2,(H,21,22). The summed E-state index contributed by atoms with van der Waals surface area (Å²) in [5.74, 6) is 1.01. The van der Waals surface area contributed by atoms with Gasteiger partial charge >= 0.3 is 0 Å². The molecular formula is C20H21NO4. The van der Waals surface area contributed by atoms with Crippen LogP contribution in [0.3, 0.4) is 0 Å². The molecule has 2 N–H and O–H groups in total. The van der Waals surface area contributed by atoms with Crippen molar-refractivity contribution in [3.8, 4) is 11.5 Å². The van der Waals surface area contributed by atoms with Crippen molar-refractivity contribution in [1.29, 1.82) is 0 Å². The van der Waals surface area contributed by atoms with Crippen LogP contribution in [0.25, 0.3) is 0 Å². The van der Waals surface area contributed by atoms with Crippen LogP contribution in [0.15, 0.2) is 42.5 Å². The minimum atomic E-state index is -1.02. The Labute approximate surface area is 146 Å². The number of fused-ring (bicyclic) bond motifs is 2. The highest BCUT2D eigenvalue weighted by Crippen LogP contribution is 2.35. The van der Waals surface area contributed by atoms with Gasteiger partial charge in [0.15, 0.2) is 11.5 Å². The molecule has 0 aromatic heterocycles. The Morgan fingerprint density at radius 3 is 2.80 bits per heavy atom. The number of ether oxygens (including phenoxy) is 2. The number of amides is 1. The Morgan fingerprint density at radius 2 is 1.92 bits per heavy atom. The predicted molar refractivity (Wildman–Crippen MR) is 93.0 cm³/mol. The minimum Gasteiger partial charge on any atom is -0.486 e. The Morgan fingerprint density at radius 1 is 1.12 bits per heavy atom. The molecule has 0 spiro atoms. The van der Waals surface area contributed by atoms with Gasteiger partial charge in [0.25, 0.3) is 5.91 Å². The Hall–Kier alpha value is -2.53. The second kappa shape index (κ2) is 6.41. The van der Waals surface area contributed by atoms with E-state index in [1.54, 1.807) is 18.2 Å². The molecule has 2 aromatic carbocycles. The highest BCUT2D eigenvalue weighted by molar-refractivity contribution is 5.95. The van der Waals surface area contributed by atoms with Crippen LogP contribution < -0.4 is 14.8 Å². The van der Waals surface area contributed by atoms with E-state index in [1.807, 2.05) is 24.3 Å². The molecule has 2 aliphatic rings. The highest BCUT2D eigenvalue weighted by atomic mass is 16.6. The van der Waals surface area contributed by atoms with Crippen molar-refractivity contribution in [3.63, 3.8) is 0 Å². The summed E-state index contributed by atoms with van der Waals surface area (Å²) < 4.78 is 11.0. The van der Waals surface area contributed by atoms with Crippen LogP contribution in [0.5, 0.6) is 11.5 Å². The third-order valence-corrected chi connectivity index (χ3v) is 4.90. The smallest absolute Gasteiger partial charge is 0.251 e. The van der Waals surface area contributed by atoms with Crippen LogP contribution in [0.4, 0.5) is 0 Å². The van der Waals surface area contributed by atoms with Gasteiger partial charge in [0.2, 0.25) is 0 Å². The molecule has 1 unspecified atom stereocenters. The zero-order chi connectivity index (χ0) is 17.3. The van der Waals surface area contributed by atoms with E-state index in [-0.39, 0.29) is 12.5 Å². The van der Waals surface area contributed by atoms with Crippen LogP contribution in [0.1, 0.15) is 34.3 Å². The molecule has 0 saturated heterocycles. The summed E-state index contributed by atoms with van der Waals surface area (Å²) in [5.41, 5.74) is 1.56. The van der Waals surface area contributed by atoms with E-state index >= 15 is 0 Å². The molecule has 5 heteroatoms. The third kappa shape index (κ3) is 3.07. The molecule has 1 heterocycles. The van der Waals surface area contributed by atoms with Gasteiger partial charge in [-0.2, -0.15) is 0 Å². The number of aryl methyl sites for hydroxylation is 1. The lowest BCUT2D eigenvalue weighted by Crippen LogP contribution is -2.43. The van der Waals surface area contributed by atoms with E-state index < -0.39 is 5.60 Å². The molecule has 1 amide bonds. The minimum absolute atomic E-state index is 0.192. The molecule has 2 aromatic rings. The van der Waals surface area contributed by atoms with Gasteiger partial charge in [-0.1, -0.05) is 24.3 Å². The number of nitrogens with one attached hydrogen (secondary N) is 1. The first-order valence-electron chi connectivity index (χ1n) is 8.64. The first-order chi connectivity index (χ1) is 12.2. The normalized spacial score (nSPS) is 21.3. The Bertz CT molecular complexity index is 804. The maximum Gasteiger partial charge on any atom is 0.251 e. The van der Waals surface area contributed by atoms with E-state index in [2.05, 4.69) is 5.32 Å². The first-order valence-corrected chi connectivity index (χ1v) is 8.64. The number of carbonyl (C=O) groups is 1. The lowest BCUT2D eigenvalue weighted by Gasteiger charge is -2.34. The topological polar surface area (TPSA) is 67.8 Å². The second-order valence-corrected chi connectivity index (χ2v) is 6.58. The molecule has 25 heavy (non-hydrogen) atoms. The predicted octanol–water partition coefficient (Wildman–Crippen LogP) is 2.41. The van der Waals surface area contributed by atoms with E-state index in [4.69, 9.17) is 9.47 Å². The van der Waals surface area contributed by atoms with Crippen molar-refractivity contribution >= 4 is 5.91 Å². The molecule has 0 fully saturated rings. The zero-order valence-electron chi connectivity index (χ0n) is 14.0. The fourth-order valence-electron chi connectivity index (χ4n) is 3.60. The zero-order valence-corrected chi connectivity index (χ0v) is 14.0. The fourth-order valence-corrected chi connectivity index (χ4v) is 3.60. The van der Waals surface area contributed by atoms with E-state index in [0.29, 0.717) is 36.7 Å². The maximum atomic E-state index is 12.5. The number of hydrogen-bond acceptors (Lipinski definition) is 4. The van der Waals surface area contributed by atoms with Gasteiger partial charge in [-0.25, -0.2) is 0 Å². The maximum absolute atomic E-state index is 12.5. The number of carbonyl (C=O) groups excluding carboxylic acids is 1. The molecule has 4 rings (SSSR count). The highest BCUT2D eigenvalue weighted by Gasteiger charge is 2.34. The quantitative estimate of drug-likeness (QED) is 0.901. The Kier molecular flexibility index (Phi) is 4.09. The number of rotatable bonds is 3. The fraction of sp³-hybridized carbons (Fsp3) is 0.350. The SMILES string of the molecule is O=C(NCC1(O)CCCc2ccccc21)c1ccc2c(c1)OCCO2. The molecule has 1 atom stereocenters. The summed E-state index contributed by atoms with van der Waals surface area (Å²) in [5, 5.41) is 13.9. The monoisotopic (exact) mass is 339 g/mol. The summed E-state index contributed by atoms with van der Waals surface area (Å²) in [4.78, 5) is 12.5. The molecule has 0 saturated carbocycles. The molecule has 0 radical (unpaired) electrons. The average Bonchev–Trinajstić information content (AvgIpc) is 2.66. The summed E-state index contributed by atoms with van der Waals surface area (Å²) >= 11 is 0. The van der Waals surface area contributed by atoms with Crippen molar-refractivity contribution in [1.82, 2.24) is 5.32 Å². The number of benzene rings is 2. The van der Waals surface area contributed by atoms with Crippen molar-refractivity contribution in [2.24, 2.45) is 0 Å². The van der Waals surface area contributed by atoms with Crippen LogP contribution in [-0.4, -0.2) is 30.8 Å². The van der Waals surface area contributed by atoms with Gasteiger partial charge in [0, 0.05) is 5.56 Å². The van der Waals surface area contributed by atoms with Gasteiger partial charge in [-0.15, -0.1) is 0 Å². The number of hydrogen-bond donors (Lipinski definition) is 2. The molecule has 0 bridgehead atoms. The summed E-state index contributed by atoms with van der Waals surface area (Å²) in [7, 11) is 0. The third-order valence-electron chi connectivity index (χ3n) is 4.90. The first kappa shape index (κ1) is 16.0. The van der Waals surface area contributed by atoms with Gasteiger partial charge in [0.1, 0.15) is 18.8 Å². The molecule has 5 nitrogen and oxygen atoms in total. The lowest BCUT2D eigenvalue weighted by molar-refractivity contribution is 0.0189. The van der Waals surface area contributed by atoms with Gasteiger partial charge in [-0.3, -0.25) is 4.79 Å². The molecular weight excluding hydrogens is 318 g/mol. The van der Waals surface area contributed by atoms with Crippen LogP contribution in [0.2, 0.25) is 0 Å². The average molecular weight is 339 g/mol. The summed E-state index contributed by atoms with van der Waals surface area (Å²) in [6.45, 7) is 1.19. The van der Waals surface area contributed by atoms with E-state index in [0.717, 1.165) is 24.0 Å². The lowest BCUT2D eigenvalue weighted by atomic mass is 9.79. The Balaban J connectivity index is 1.49. The number of aliphatic hydroxyl groups is 1. The molecule has 130 valence electrons. The summed E-state index contributed by atoms with van der Waals surface area (Å²) in [6.07, 6.45) is 2.52.